The standard InChI is InChI=1S/C14H23N5O/c20-14(11-18-9-7-15-8-10-18)17-13-5-6-16-19(13)12-3-1-2-4-12/h5-6,12,15H,1-4,7-11H2,(H,17,20). The van der Waals surface area contributed by atoms with Crippen LogP contribution in [0.15, 0.2) is 12.3 Å². The number of hydrogen-bond acceptors (Lipinski definition) is 4. The van der Waals surface area contributed by atoms with Gasteiger partial charge in [-0.3, -0.25) is 9.69 Å². The molecule has 20 heavy (non-hydrogen) atoms. The lowest BCUT2D eigenvalue weighted by molar-refractivity contribution is -0.117. The zero-order valence-electron chi connectivity index (χ0n) is 11.8. The van der Waals surface area contributed by atoms with E-state index in [1.165, 1.54) is 25.7 Å². The lowest BCUT2D eigenvalue weighted by Gasteiger charge is -2.26. The summed E-state index contributed by atoms with van der Waals surface area (Å²) < 4.78 is 1.99. The first kappa shape index (κ1) is 13.6. The quantitative estimate of drug-likeness (QED) is 0.856. The van der Waals surface area contributed by atoms with E-state index in [1.54, 1.807) is 6.20 Å². The summed E-state index contributed by atoms with van der Waals surface area (Å²) in [4.78, 5) is 14.3. The zero-order valence-corrected chi connectivity index (χ0v) is 11.8. The summed E-state index contributed by atoms with van der Waals surface area (Å²) in [5.41, 5.74) is 0. The molecule has 0 bridgehead atoms. The highest BCUT2D eigenvalue weighted by Crippen LogP contribution is 2.31. The molecule has 3 rings (SSSR count). The van der Waals surface area contributed by atoms with Crippen molar-refractivity contribution in [1.29, 1.82) is 0 Å². The zero-order chi connectivity index (χ0) is 13.8. The highest BCUT2D eigenvalue weighted by Gasteiger charge is 2.21. The van der Waals surface area contributed by atoms with Gasteiger partial charge in [0.05, 0.1) is 18.8 Å². The number of piperazine rings is 1. The summed E-state index contributed by atoms with van der Waals surface area (Å²) in [6, 6.07) is 2.35. The predicted molar refractivity (Wildman–Crippen MR) is 77.7 cm³/mol. The molecule has 110 valence electrons. The van der Waals surface area contributed by atoms with Crippen LogP contribution in [0.4, 0.5) is 5.82 Å². The van der Waals surface area contributed by atoms with Crippen LogP contribution in [0.3, 0.4) is 0 Å². The molecule has 2 fully saturated rings. The molecule has 6 heteroatoms. The van der Waals surface area contributed by atoms with Crippen LogP contribution in [0.5, 0.6) is 0 Å². The largest absolute Gasteiger partial charge is 0.314 e. The van der Waals surface area contributed by atoms with Crippen LogP contribution >= 0.6 is 0 Å². The van der Waals surface area contributed by atoms with Crippen molar-refractivity contribution in [2.24, 2.45) is 0 Å². The van der Waals surface area contributed by atoms with Crippen molar-refractivity contribution < 1.29 is 4.79 Å². The van der Waals surface area contributed by atoms with Crippen molar-refractivity contribution >= 4 is 11.7 Å². The van der Waals surface area contributed by atoms with Crippen LogP contribution in [0.1, 0.15) is 31.7 Å². The molecule has 6 nitrogen and oxygen atoms in total. The minimum absolute atomic E-state index is 0.0617. The van der Waals surface area contributed by atoms with Crippen molar-refractivity contribution in [3.05, 3.63) is 12.3 Å². The lowest BCUT2D eigenvalue weighted by atomic mass is 10.2. The van der Waals surface area contributed by atoms with Crippen LogP contribution < -0.4 is 10.6 Å². The molecular formula is C14H23N5O. The van der Waals surface area contributed by atoms with E-state index in [-0.39, 0.29) is 5.91 Å². The van der Waals surface area contributed by atoms with Gasteiger partial charge in [-0.2, -0.15) is 5.10 Å². The maximum Gasteiger partial charge on any atom is 0.239 e. The van der Waals surface area contributed by atoms with E-state index in [0.717, 1.165) is 32.0 Å². The first-order valence-corrected chi connectivity index (χ1v) is 7.59. The summed E-state index contributed by atoms with van der Waals surface area (Å²) >= 11 is 0. The van der Waals surface area contributed by atoms with Crippen molar-refractivity contribution in [2.75, 3.05) is 38.0 Å². The molecule has 1 aromatic rings. The second-order valence-electron chi connectivity index (χ2n) is 5.67. The normalized spacial score (nSPS) is 21.2. The molecule has 2 N–H and O–H groups in total. The van der Waals surface area contributed by atoms with Gasteiger partial charge in [-0.1, -0.05) is 12.8 Å². The molecule has 1 saturated carbocycles. The number of aromatic nitrogens is 2. The van der Waals surface area contributed by atoms with E-state index in [0.29, 0.717) is 12.6 Å². The summed E-state index contributed by atoms with van der Waals surface area (Å²) in [5.74, 6) is 0.906. The predicted octanol–water partition coefficient (Wildman–Crippen LogP) is 0.842. The molecule has 0 radical (unpaired) electrons. The van der Waals surface area contributed by atoms with E-state index in [1.807, 2.05) is 10.7 Å². The topological polar surface area (TPSA) is 62.2 Å². The Bertz CT molecular complexity index is 446. The molecule has 2 aliphatic rings. The Hall–Kier alpha value is -1.40. The molecule has 1 amide bonds. The average Bonchev–Trinajstić information content (AvgIpc) is 3.10. The maximum absolute atomic E-state index is 12.1. The number of hydrogen-bond donors (Lipinski definition) is 2. The number of amides is 1. The van der Waals surface area contributed by atoms with Crippen molar-refractivity contribution in [3.8, 4) is 0 Å². The first-order valence-electron chi connectivity index (χ1n) is 7.59. The molecule has 1 aliphatic carbocycles. The molecule has 0 spiro atoms. The van der Waals surface area contributed by atoms with E-state index < -0.39 is 0 Å². The molecule has 0 unspecified atom stereocenters. The van der Waals surface area contributed by atoms with Gasteiger partial charge in [0, 0.05) is 32.2 Å². The number of nitrogens with zero attached hydrogens (tertiary/aromatic N) is 3. The van der Waals surface area contributed by atoms with Crippen molar-refractivity contribution in [2.45, 2.75) is 31.7 Å². The van der Waals surface area contributed by atoms with Gasteiger partial charge >= 0.3 is 0 Å². The first-order chi connectivity index (χ1) is 9.83. The Kier molecular flexibility index (Phi) is 4.32. The van der Waals surface area contributed by atoms with Crippen molar-refractivity contribution in [3.63, 3.8) is 0 Å². The molecule has 0 atom stereocenters. The van der Waals surface area contributed by atoms with Crippen LogP contribution in [0, 0.1) is 0 Å². The van der Waals surface area contributed by atoms with Gasteiger partial charge in [-0.05, 0) is 12.8 Å². The van der Waals surface area contributed by atoms with Gasteiger partial charge in [-0.15, -0.1) is 0 Å². The number of carbonyl (C=O) groups excluding carboxylic acids is 1. The molecule has 1 saturated heterocycles. The molecule has 1 aliphatic heterocycles. The minimum atomic E-state index is 0.0617. The third-order valence-electron chi connectivity index (χ3n) is 4.19. The van der Waals surface area contributed by atoms with Gasteiger partial charge in [-0.25, -0.2) is 4.68 Å². The highest BCUT2D eigenvalue weighted by molar-refractivity contribution is 5.91. The third-order valence-corrected chi connectivity index (χ3v) is 4.19. The number of carbonyl (C=O) groups is 1. The molecule has 0 aromatic carbocycles. The van der Waals surface area contributed by atoms with E-state index >= 15 is 0 Å². The Morgan fingerprint density at radius 1 is 1.35 bits per heavy atom. The SMILES string of the molecule is O=C(CN1CCNCC1)Nc1ccnn1C1CCCC1. The second kappa shape index (κ2) is 6.37. The summed E-state index contributed by atoms with van der Waals surface area (Å²) in [7, 11) is 0. The molecular weight excluding hydrogens is 254 g/mol. The fraction of sp³-hybridized carbons (Fsp3) is 0.714. The van der Waals surface area contributed by atoms with Crippen LogP contribution in [0.25, 0.3) is 0 Å². The number of nitrogens with one attached hydrogen (secondary N) is 2. The third kappa shape index (κ3) is 3.19. The Morgan fingerprint density at radius 3 is 2.85 bits per heavy atom. The lowest BCUT2D eigenvalue weighted by Crippen LogP contribution is -2.46. The fourth-order valence-electron chi connectivity index (χ4n) is 3.11. The maximum atomic E-state index is 12.1. The molecule has 1 aromatic heterocycles. The fourth-order valence-corrected chi connectivity index (χ4v) is 3.11. The van der Waals surface area contributed by atoms with Crippen molar-refractivity contribution in [1.82, 2.24) is 20.0 Å². The van der Waals surface area contributed by atoms with Gasteiger partial charge in [0.1, 0.15) is 5.82 Å². The van der Waals surface area contributed by atoms with Crippen LogP contribution in [-0.4, -0.2) is 53.3 Å². The highest BCUT2D eigenvalue weighted by atomic mass is 16.2. The summed E-state index contributed by atoms with van der Waals surface area (Å²) in [6.07, 6.45) is 6.64. The van der Waals surface area contributed by atoms with E-state index in [4.69, 9.17) is 0 Å². The smallest absolute Gasteiger partial charge is 0.239 e. The minimum Gasteiger partial charge on any atom is -0.314 e. The Balaban J connectivity index is 1.56. The monoisotopic (exact) mass is 277 g/mol. The Labute approximate surface area is 119 Å². The van der Waals surface area contributed by atoms with Gasteiger partial charge in [0.2, 0.25) is 5.91 Å². The van der Waals surface area contributed by atoms with Crippen LogP contribution in [-0.2, 0) is 4.79 Å². The van der Waals surface area contributed by atoms with E-state index in [9.17, 15) is 4.79 Å². The van der Waals surface area contributed by atoms with E-state index in [2.05, 4.69) is 20.6 Å². The average molecular weight is 277 g/mol. The summed E-state index contributed by atoms with van der Waals surface area (Å²) in [5, 5.41) is 10.7. The summed E-state index contributed by atoms with van der Waals surface area (Å²) in [6.45, 7) is 4.28. The van der Waals surface area contributed by atoms with Gasteiger partial charge in [0.25, 0.3) is 0 Å². The Morgan fingerprint density at radius 2 is 2.10 bits per heavy atom. The number of anilines is 1. The second-order valence-corrected chi connectivity index (χ2v) is 5.67. The van der Waals surface area contributed by atoms with Crippen LogP contribution in [0.2, 0.25) is 0 Å². The molecule has 2 heterocycles. The van der Waals surface area contributed by atoms with Gasteiger partial charge < -0.3 is 10.6 Å². The number of rotatable bonds is 4. The van der Waals surface area contributed by atoms with Gasteiger partial charge in [0.15, 0.2) is 0 Å².